The van der Waals surface area contributed by atoms with Gasteiger partial charge in [-0.3, -0.25) is 4.79 Å². The van der Waals surface area contributed by atoms with Crippen molar-refractivity contribution in [2.24, 2.45) is 4.36 Å². The van der Waals surface area contributed by atoms with Crippen LogP contribution >= 0.6 is 0 Å². The fourth-order valence-corrected chi connectivity index (χ4v) is 3.75. The lowest BCUT2D eigenvalue weighted by Crippen LogP contribution is -2.29. The number of nitrogens with one attached hydrogen (secondary N) is 1. The fraction of sp³-hybridized carbons (Fsp3) is 0.364. The first kappa shape index (κ1) is 28.1. The van der Waals surface area contributed by atoms with Crippen LogP contribution in [0.3, 0.4) is 0 Å². The molecule has 3 aromatic rings. The van der Waals surface area contributed by atoms with E-state index in [2.05, 4.69) is 24.7 Å². The zero-order valence-corrected chi connectivity index (χ0v) is 20.7. The highest BCUT2D eigenvalue weighted by Crippen LogP contribution is 2.34. The first-order valence-corrected chi connectivity index (χ1v) is 12.7. The summed E-state index contributed by atoms with van der Waals surface area (Å²) in [5, 5.41) is 5.94. The average molecular weight is 549 g/mol. The summed E-state index contributed by atoms with van der Waals surface area (Å²) in [7, 11) is -2.89. The third-order valence-electron chi connectivity index (χ3n) is 5.27. The van der Waals surface area contributed by atoms with Crippen LogP contribution in [0.25, 0.3) is 5.82 Å². The van der Waals surface area contributed by atoms with Gasteiger partial charge in [-0.2, -0.15) is 40.5 Å². The van der Waals surface area contributed by atoms with E-state index < -0.39 is 56.0 Å². The molecule has 3 rings (SSSR count). The van der Waals surface area contributed by atoms with Gasteiger partial charge in [0.2, 0.25) is 0 Å². The molecule has 0 aliphatic heterocycles. The van der Waals surface area contributed by atoms with Crippen LogP contribution in [0.15, 0.2) is 47.2 Å². The SMILES string of the molecule is CC(C)S(C)(=O)=Nc1cc(C(=O)N[C@@H](C)c2ncnn2-c2ccc(C(F)(F)F)cn2)cc(C(F)(F)F)c1. The molecule has 2 aromatic heterocycles. The largest absolute Gasteiger partial charge is 0.417 e. The number of hydrogen-bond acceptors (Lipinski definition) is 6. The van der Waals surface area contributed by atoms with Crippen LogP contribution in [0.2, 0.25) is 0 Å². The minimum Gasteiger partial charge on any atom is -0.342 e. The molecule has 15 heteroatoms. The van der Waals surface area contributed by atoms with Crippen LogP contribution in [-0.4, -0.2) is 41.4 Å². The number of nitrogens with zero attached hydrogens (tertiary/aromatic N) is 5. The van der Waals surface area contributed by atoms with Gasteiger partial charge < -0.3 is 5.32 Å². The van der Waals surface area contributed by atoms with Crippen LogP contribution in [0, 0.1) is 0 Å². The number of rotatable bonds is 6. The van der Waals surface area contributed by atoms with E-state index in [1.54, 1.807) is 13.8 Å². The predicted molar refractivity (Wildman–Crippen MR) is 123 cm³/mol. The van der Waals surface area contributed by atoms with Crippen molar-refractivity contribution in [2.75, 3.05) is 6.26 Å². The van der Waals surface area contributed by atoms with Gasteiger partial charge in [-0.25, -0.2) is 14.2 Å². The summed E-state index contributed by atoms with van der Waals surface area (Å²) in [6.45, 7) is 4.67. The summed E-state index contributed by atoms with van der Waals surface area (Å²) < 4.78 is 96.6. The molecule has 0 bridgehead atoms. The Labute approximate surface area is 208 Å². The highest BCUT2D eigenvalue weighted by molar-refractivity contribution is 7.93. The summed E-state index contributed by atoms with van der Waals surface area (Å²) in [5.41, 5.74) is -2.79. The molecular formula is C22H22F6N6O2S. The van der Waals surface area contributed by atoms with E-state index in [1.165, 1.54) is 13.2 Å². The Morgan fingerprint density at radius 3 is 2.19 bits per heavy atom. The minimum atomic E-state index is -4.80. The lowest BCUT2D eigenvalue weighted by atomic mass is 10.1. The van der Waals surface area contributed by atoms with Gasteiger partial charge in [0.1, 0.15) is 6.33 Å². The first-order chi connectivity index (χ1) is 17.0. The second-order valence-corrected chi connectivity index (χ2v) is 11.2. The van der Waals surface area contributed by atoms with Crippen molar-refractivity contribution in [1.82, 2.24) is 25.1 Å². The van der Waals surface area contributed by atoms with Gasteiger partial charge in [0.25, 0.3) is 5.91 Å². The predicted octanol–water partition coefficient (Wildman–Crippen LogP) is 5.33. The Bertz CT molecular complexity index is 1410. The van der Waals surface area contributed by atoms with Crippen molar-refractivity contribution in [3.8, 4) is 5.82 Å². The molecule has 8 nitrogen and oxygen atoms in total. The molecule has 1 amide bonds. The summed E-state index contributed by atoms with van der Waals surface area (Å²) in [6.07, 6.45) is -6.38. The standard InChI is InChI=1S/C22H22F6N6O2S/c1-12(2)37(4,36)33-17-8-14(7-16(9-17)22(26,27)28)20(35)32-13(3)19-30-11-31-34(19)18-6-5-15(10-29-18)21(23,24)25/h5-13H,1-4H3,(H,32,35)/t13-,37?/m0/s1. The molecule has 0 aliphatic rings. The van der Waals surface area contributed by atoms with Crippen molar-refractivity contribution in [2.45, 2.75) is 44.4 Å². The Kier molecular flexibility index (Phi) is 7.67. The number of benzene rings is 1. The highest BCUT2D eigenvalue weighted by Gasteiger charge is 2.33. The fourth-order valence-electron chi connectivity index (χ4n) is 3.02. The number of carbonyl (C=O) groups is 1. The van der Waals surface area contributed by atoms with Crippen LogP contribution in [-0.2, 0) is 22.1 Å². The van der Waals surface area contributed by atoms with Gasteiger partial charge in [0, 0.05) is 23.3 Å². The van der Waals surface area contributed by atoms with E-state index in [1.807, 2.05) is 0 Å². The third kappa shape index (κ3) is 6.64. The van der Waals surface area contributed by atoms with E-state index >= 15 is 0 Å². The number of pyridine rings is 1. The highest BCUT2D eigenvalue weighted by atomic mass is 32.2. The number of amides is 1. The van der Waals surface area contributed by atoms with Crippen LogP contribution < -0.4 is 5.32 Å². The van der Waals surface area contributed by atoms with Crippen molar-refractivity contribution >= 4 is 21.3 Å². The van der Waals surface area contributed by atoms with Gasteiger partial charge >= 0.3 is 12.4 Å². The molecule has 0 saturated heterocycles. The van der Waals surface area contributed by atoms with Crippen LogP contribution in [0.4, 0.5) is 32.0 Å². The number of carbonyl (C=O) groups excluding carboxylic acids is 1. The summed E-state index contributed by atoms with van der Waals surface area (Å²) in [5.74, 6) is -0.876. The lowest BCUT2D eigenvalue weighted by Gasteiger charge is -2.16. The first-order valence-electron chi connectivity index (χ1n) is 10.7. The van der Waals surface area contributed by atoms with E-state index in [0.29, 0.717) is 18.3 Å². The van der Waals surface area contributed by atoms with Crippen molar-refractivity contribution < 1.29 is 35.3 Å². The summed E-state index contributed by atoms with van der Waals surface area (Å²) in [4.78, 5) is 20.6. The maximum absolute atomic E-state index is 13.5. The molecule has 0 saturated carbocycles. The Balaban J connectivity index is 1.93. The van der Waals surface area contributed by atoms with Gasteiger partial charge in [0.15, 0.2) is 11.6 Å². The smallest absolute Gasteiger partial charge is 0.342 e. The van der Waals surface area contributed by atoms with E-state index in [9.17, 15) is 35.3 Å². The second kappa shape index (κ2) is 10.1. The van der Waals surface area contributed by atoms with Crippen molar-refractivity contribution in [1.29, 1.82) is 0 Å². The molecule has 1 unspecified atom stereocenters. The normalized spacial score (nSPS) is 14.8. The van der Waals surface area contributed by atoms with Crippen molar-refractivity contribution in [3.05, 3.63) is 65.4 Å². The van der Waals surface area contributed by atoms with Gasteiger partial charge in [-0.05, 0) is 37.3 Å². The summed E-state index contributed by atoms with van der Waals surface area (Å²) >= 11 is 0. The third-order valence-corrected chi connectivity index (χ3v) is 7.59. The molecule has 37 heavy (non-hydrogen) atoms. The minimum absolute atomic E-state index is 0.0202. The number of aromatic nitrogens is 4. The monoisotopic (exact) mass is 548 g/mol. The lowest BCUT2D eigenvalue weighted by molar-refractivity contribution is -0.138. The maximum Gasteiger partial charge on any atom is 0.417 e. The van der Waals surface area contributed by atoms with Crippen LogP contribution in [0.5, 0.6) is 0 Å². The van der Waals surface area contributed by atoms with Crippen molar-refractivity contribution in [3.63, 3.8) is 0 Å². The molecule has 0 aliphatic carbocycles. The molecule has 0 spiro atoms. The second-order valence-electron chi connectivity index (χ2n) is 8.40. The Hall–Kier alpha value is -3.49. The Morgan fingerprint density at radius 1 is 1.00 bits per heavy atom. The van der Waals surface area contributed by atoms with Gasteiger partial charge in [0.05, 0.1) is 32.6 Å². The van der Waals surface area contributed by atoms with E-state index in [4.69, 9.17) is 0 Å². The molecule has 0 fully saturated rings. The maximum atomic E-state index is 13.5. The molecular weight excluding hydrogens is 526 g/mol. The zero-order valence-electron chi connectivity index (χ0n) is 19.9. The molecule has 0 radical (unpaired) electrons. The molecule has 1 N–H and O–H groups in total. The van der Waals surface area contributed by atoms with Gasteiger partial charge in [-0.1, -0.05) is 13.8 Å². The quantitative estimate of drug-likeness (QED) is 0.420. The number of hydrogen-bond donors (Lipinski definition) is 1. The molecule has 200 valence electrons. The van der Waals surface area contributed by atoms with Crippen LogP contribution in [0.1, 0.15) is 54.1 Å². The van der Waals surface area contributed by atoms with Gasteiger partial charge in [-0.15, -0.1) is 0 Å². The molecule has 2 heterocycles. The Morgan fingerprint density at radius 2 is 1.65 bits per heavy atom. The number of halogens is 6. The van der Waals surface area contributed by atoms with E-state index in [0.717, 1.165) is 29.2 Å². The molecule has 1 aromatic carbocycles. The topological polar surface area (TPSA) is 102 Å². The number of alkyl halides is 6. The zero-order chi connectivity index (χ0) is 27.8. The molecule has 2 atom stereocenters. The van der Waals surface area contributed by atoms with E-state index in [-0.39, 0.29) is 17.3 Å². The summed E-state index contributed by atoms with van der Waals surface area (Å²) in [6, 6.07) is 3.35. The average Bonchev–Trinajstić information content (AvgIpc) is 3.27.